The van der Waals surface area contributed by atoms with Crippen LogP contribution in [0.4, 0.5) is 4.39 Å². The van der Waals surface area contributed by atoms with Crippen molar-refractivity contribution in [3.05, 3.63) is 71.0 Å². The number of Topliss-reactive ketones (excluding diaryl/α,β-unsaturated/α-hetero) is 2. The van der Waals surface area contributed by atoms with E-state index in [2.05, 4.69) is 0 Å². The number of ketones is 2. The van der Waals surface area contributed by atoms with Crippen LogP contribution in [0.5, 0.6) is 0 Å². The van der Waals surface area contributed by atoms with Crippen LogP contribution in [0.15, 0.2) is 48.5 Å². The molecular formula is C36H49FN6O6. The summed E-state index contributed by atoms with van der Waals surface area (Å²) >= 11 is 0. The molecule has 0 radical (unpaired) electrons. The Morgan fingerprint density at radius 2 is 1.63 bits per heavy atom. The second kappa shape index (κ2) is 18.4. The molecule has 3 unspecified atom stereocenters. The van der Waals surface area contributed by atoms with E-state index in [1.165, 1.54) is 13.8 Å². The Hall–Kier alpha value is -4.35. The number of amides is 3. The van der Waals surface area contributed by atoms with Crippen molar-refractivity contribution in [3.63, 3.8) is 0 Å². The third kappa shape index (κ3) is 9.86. The summed E-state index contributed by atoms with van der Waals surface area (Å²) in [5.41, 5.74) is 21.2. The van der Waals surface area contributed by atoms with Crippen molar-refractivity contribution >= 4 is 29.3 Å². The van der Waals surface area contributed by atoms with E-state index >= 15 is 0 Å². The third-order valence-corrected chi connectivity index (χ3v) is 8.49. The summed E-state index contributed by atoms with van der Waals surface area (Å²) in [4.78, 5) is 72.3. The number of primary amides is 1. The molecule has 0 aliphatic rings. The number of nitrogens with zero attached hydrogens (tertiary/aromatic N) is 2. The Labute approximate surface area is 287 Å². The Bertz CT molecular complexity index is 1530. The standard InChI is InChI=1S/C36H49FN6O6/c1-21(2)16-27(40)29(44)19-31(46)43(34(48)28(41)17-23-10-6-5-7-11-23)36(35(42)49,30(45)12-8-9-15-38)32(22(3)4)33(47)24-13-14-26(37)25(18-24)20-39/h5-7,10-11,13-14,18,21-22,27-29,32,44H,8-9,12,15-17,19,38,40-41H2,1-4H3,(H2,42,49)/t27-,28?,29?,32+,36?/m0/s1. The quantitative estimate of drug-likeness (QED) is 0.0823. The first kappa shape index (κ1) is 40.8. The number of nitriles is 1. The normalized spacial score (nSPS) is 15.1. The Kier molecular flexibility index (Phi) is 15.3. The number of benzene rings is 2. The van der Waals surface area contributed by atoms with Crippen LogP contribution in [0.25, 0.3) is 0 Å². The van der Waals surface area contributed by atoms with Crippen molar-refractivity contribution < 1.29 is 33.5 Å². The van der Waals surface area contributed by atoms with Gasteiger partial charge in [-0.1, -0.05) is 58.0 Å². The molecule has 0 saturated heterocycles. The molecule has 49 heavy (non-hydrogen) atoms. The smallest absolute Gasteiger partial charge is 0.252 e. The molecule has 0 aliphatic heterocycles. The highest BCUT2D eigenvalue weighted by molar-refractivity contribution is 6.21. The molecule has 0 bridgehead atoms. The van der Waals surface area contributed by atoms with Crippen molar-refractivity contribution in [2.45, 2.75) is 89.9 Å². The zero-order valence-corrected chi connectivity index (χ0v) is 28.6. The zero-order valence-electron chi connectivity index (χ0n) is 28.6. The van der Waals surface area contributed by atoms with E-state index in [4.69, 9.17) is 22.9 Å². The fourth-order valence-corrected chi connectivity index (χ4v) is 6.11. The highest BCUT2D eigenvalue weighted by atomic mass is 19.1. The number of aliphatic hydroxyl groups excluding tert-OH is 1. The van der Waals surface area contributed by atoms with Gasteiger partial charge in [0.15, 0.2) is 17.1 Å². The SMILES string of the molecule is CC(C)C[C@H](N)C(O)CC(=O)N(C(=O)C(N)Cc1ccccc1)C(C(N)=O)(C(=O)CCCCN)[C@@H](C(=O)c1ccc(F)c(C#N)c1)C(C)C. The van der Waals surface area contributed by atoms with Crippen molar-refractivity contribution in [2.24, 2.45) is 40.7 Å². The fourth-order valence-electron chi connectivity index (χ4n) is 6.11. The highest BCUT2D eigenvalue weighted by Crippen LogP contribution is 2.38. The number of rotatable bonds is 19. The van der Waals surface area contributed by atoms with E-state index in [0.29, 0.717) is 23.3 Å². The molecule has 2 rings (SSSR count). The van der Waals surface area contributed by atoms with Gasteiger partial charge in [-0.2, -0.15) is 5.26 Å². The Balaban J connectivity index is 2.96. The summed E-state index contributed by atoms with van der Waals surface area (Å²) in [6.07, 6.45) is -2.13. The number of hydrogen-bond donors (Lipinski definition) is 5. The molecular weight excluding hydrogens is 631 g/mol. The summed E-state index contributed by atoms with van der Waals surface area (Å²) in [7, 11) is 0. The highest BCUT2D eigenvalue weighted by Gasteiger charge is 2.62. The molecule has 0 aliphatic carbocycles. The average molecular weight is 681 g/mol. The first-order valence-electron chi connectivity index (χ1n) is 16.4. The molecule has 0 spiro atoms. The molecule has 0 saturated carbocycles. The van der Waals surface area contributed by atoms with Gasteiger partial charge in [0.05, 0.1) is 30.0 Å². The maximum Gasteiger partial charge on any atom is 0.252 e. The minimum absolute atomic E-state index is 0.0302. The Morgan fingerprint density at radius 1 is 1.00 bits per heavy atom. The van der Waals surface area contributed by atoms with Crippen LogP contribution in [0.3, 0.4) is 0 Å². The molecule has 2 aromatic carbocycles. The van der Waals surface area contributed by atoms with Crippen molar-refractivity contribution in [1.82, 2.24) is 4.90 Å². The topological polar surface area (TPSA) is 237 Å². The summed E-state index contributed by atoms with van der Waals surface area (Å²) in [5, 5.41) is 20.5. The number of aliphatic hydroxyl groups is 1. The number of carbonyl (C=O) groups is 5. The largest absolute Gasteiger partial charge is 0.391 e. The third-order valence-electron chi connectivity index (χ3n) is 8.49. The summed E-state index contributed by atoms with van der Waals surface area (Å²) in [5.74, 6) is -9.46. The predicted octanol–water partition coefficient (Wildman–Crippen LogP) is 2.12. The molecule has 0 aromatic heterocycles. The molecule has 3 amide bonds. The van der Waals surface area contributed by atoms with Crippen molar-refractivity contribution in [1.29, 1.82) is 5.26 Å². The second-order valence-corrected chi connectivity index (χ2v) is 13.1. The lowest BCUT2D eigenvalue weighted by atomic mass is 9.67. The lowest BCUT2D eigenvalue weighted by molar-refractivity contribution is -0.168. The molecule has 13 heteroatoms. The minimum atomic E-state index is -2.95. The van der Waals surface area contributed by atoms with Crippen molar-refractivity contribution in [3.8, 4) is 6.07 Å². The van der Waals surface area contributed by atoms with E-state index in [0.717, 1.165) is 18.2 Å². The lowest BCUT2D eigenvalue weighted by Crippen LogP contribution is -2.73. The van der Waals surface area contributed by atoms with Gasteiger partial charge in [-0.05, 0) is 67.8 Å². The first-order chi connectivity index (χ1) is 23.0. The van der Waals surface area contributed by atoms with Gasteiger partial charge in [-0.25, -0.2) is 4.39 Å². The minimum Gasteiger partial charge on any atom is -0.391 e. The maximum absolute atomic E-state index is 14.6. The zero-order chi connectivity index (χ0) is 37.1. The van der Waals surface area contributed by atoms with Crippen LogP contribution in [-0.4, -0.2) is 69.6 Å². The van der Waals surface area contributed by atoms with Crippen LogP contribution in [0, 0.1) is 34.9 Å². The van der Waals surface area contributed by atoms with Gasteiger partial charge in [0.2, 0.25) is 11.8 Å². The van der Waals surface area contributed by atoms with E-state index in [-0.39, 0.29) is 30.9 Å². The van der Waals surface area contributed by atoms with Crippen molar-refractivity contribution in [2.75, 3.05) is 6.54 Å². The summed E-state index contributed by atoms with van der Waals surface area (Å²) in [6, 6.07) is 10.7. The molecule has 0 heterocycles. The van der Waals surface area contributed by atoms with Crippen LogP contribution < -0.4 is 22.9 Å². The van der Waals surface area contributed by atoms with Gasteiger partial charge in [-0.3, -0.25) is 28.9 Å². The number of imide groups is 1. The Morgan fingerprint density at radius 3 is 2.16 bits per heavy atom. The average Bonchev–Trinajstić information content (AvgIpc) is 3.04. The van der Waals surface area contributed by atoms with E-state index in [9.17, 15) is 38.7 Å². The van der Waals surface area contributed by atoms with Gasteiger partial charge < -0.3 is 28.0 Å². The number of unbranched alkanes of at least 4 members (excludes halogenated alkanes) is 1. The second-order valence-electron chi connectivity index (χ2n) is 13.1. The fraction of sp³-hybridized carbons (Fsp3) is 0.500. The predicted molar refractivity (Wildman–Crippen MR) is 182 cm³/mol. The van der Waals surface area contributed by atoms with Crippen LogP contribution >= 0.6 is 0 Å². The monoisotopic (exact) mass is 680 g/mol. The molecule has 0 fully saturated rings. The molecule has 266 valence electrons. The van der Waals surface area contributed by atoms with E-state index in [1.807, 2.05) is 13.8 Å². The maximum atomic E-state index is 14.6. The number of hydrogen-bond acceptors (Lipinski definition) is 10. The van der Waals surface area contributed by atoms with Crippen LogP contribution in [0.1, 0.15) is 81.3 Å². The van der Waals surface area contributed by atoms with Gasteiger partial charge in [-0.15, -0.1) is 0 Å². The van der Waals surface area contributed by atoms with Gasteiger partial charge >= 0.3 is 0 Å². The van der Waals surface area contributed by atoms with Crippen LogP contribution in [-0.2, 0) is 25.6 Å². The van der Waals surface area contributed by atoms with E-state index < -0.39 is 89.1 Å². The van der Waals surface area contributed by atoms with Gasteiger partial charge in [0.1, 0.15) is 11.9 Å². The molecule has 5 atom stereocenters. The number of halogens is 1. The summed E-state index contributed by atoms with van der Waals surface area (Å²) in [6.45, 7) is 6.88. The van der Waals surface area contributed by atoms with Gasteiger partial charge in [0.25, 0.3) is 5.91 Å². The molecule has 9 N–H and O–H groups in total. The number of nitrogens with two attached hydrogens (primary N) is 4. The van der Waals surface area contributed by atoms with E-state index in [1.54, 1.807) is 36.4 Å². The summed E-state index contributed by atoms with van der Waals surface area (Å²) < 4.78 is 14.3. The molecule has 12 nitrogen and oxygen atoms in total. The lowest BCUT2D eigenvalue weighted by Gasteiger charge is -2.46. The number of carbonyl (C=O) groups excluding carboxylic acids is 5. The molecule has 2 aromatic rings. The first-order valence-corrected chi connectivity index (χ1v) is 16.4. The van der Waals surface area contributed by atoms with Crippen LogP contribution in [0.2, 0.25) is 0 Å². The van der Waals surface area contributed by atoms with Gasteiger partial charge in [0, 0.05) is 18.0 Å².